The number of piperidine rings is 1. The number of aryl methyl sites for hydroxylation is 1. The Morgan fingerprint density at radius 3 is 2.62 bits per heavy atom. The molecule has 2 atom stereocenters. The van der Waals surface area contributed by atoms with Gasteiger partial charge in [-0.25, -0.2) is 8.42 Å². The highest BCUT2D eigenvalue weighted by molar-refractivity contribution is 7.89. The molecule has 1 aliphatic rings. The molecule has 118 valence electrons. The van der Waals surface area contributed by atoms with Crippen molar-refractivity contribution in [2.24, 2.45) is 5.92 Å². The molecule has 5 nitrogen and oxygen atoms in total. The van der Waals surface area contributed by atoms with Crippen molar-refractivity contribution in [2.45, 2.75) is 38.2 Å². The fourth-order valence-corrected chi connectivity index (χ4v) is 4.59. The van der Waals surface area contributed by atoms with Crippen LogP contribution in [-0.2, 0) is 14.8 Å². The molecule has 1 fully saturated rings. The van der Waals surface area contributed by atoms with Gasteiger partial charge in [-0.15, -0.1) is 0 Å². The normalized spacial score (nSPS) is 24.2. The summed E-state index contributed by atoms with van der Waals surface area (Å²) < 4.78 is 32.7. The van der Waals surface area contributed by atoms with Crippen LogP contribution in [0, 0.1) is 19.8 Å². The number of hydrogen-bond donors (Lipinski definition) is 1. The van der Waals surface area contributed by atoms with E-state index in [0.717, 1.165) is 17.5 Å². The van der Waals surface area contributed by atoms with E-state index in [0.29, 0.717) is 29.6 Å². The van der Waals surface area contributed by atoms with Crippen molar-refractivity contribution in [3.05, 3.63) is 23.3 Å². The Kier molecular flexibility index (Phi) is 4.60. The molecule has 1 aromatic rings. The first kappa shape index (κ1) is 16.3. The maximum absolute atomic E-state index is 12.9. The number of nitrogens with two attached hydrogens (primary N) is 1. The van der Waals surface area contributed by atoms with Crippen molar-refractivity contribution < 1.29 is 13.2 Å². The molecule has 1 heterocycles. The van der Waals surface area contributed by atoms with Crippen LogP contribution < -0.4 is 5.73 Å². The van der Waals surface area contributed by atoms with Crippen molar-refractivity contribution in [1.82, 2.24) is 4.31 Å². The second kappa shape index (κ2) is 5.94. The SMILES string of the molecule is COC1CN(S(=O)(=O)c2cc(N)cc(C)c2C)CCC1C. The van der Waals surface area contributed by atoms with Gasteiger partial charge in [-0.1, -0.05) is 6.92 Å². The third-order valence-electron chi connectivity index (χ3n) is 4.41. The molecular weight excluding hydrogens is 288 g/mol. The maximum Gasteiger partial charge on any atom is 0.243 e. The second-order valence-electron chi connectivity index (χ2n) is 5.86. The van der Waals surface area contributed by atoms with E-state index in [1.54, 1.807) is 19.2 Å². The van der Waals surface area contributed by atoms with Gasteiger partial charge in [0.25, 0.3) is 0 Å². The highest BCUT2D eigenvalue weighted by Gasteiger charge is 2.34. The van der Waals surface area contributed by atoms with Crippen LogP contribution in [0.3, 0.4) is 0 Å². The molecule has 1 aliphatic heterocycles. The standard InChI is InChI=1S/C15H24N2O3S/c1-10-5-6-17(9-14(10)20-4)21(18,19)15-8-13(16)7-11(2)12(15)3/h7-8,10,14H,5-6,9,16H2,1-4H3. The molecule has 21 heavy (non-hydrogen) atoms. The molecule has 0 bridgehead atoms. The first-order valence-electron chi connectivity index (χ1n) is 7.17. The van der Waals surface area contributed by atoms with Crippen LogP contribution in [0.2, 0.25) is 0 Å². The summed E-state index contributed by atoms with van der Waals surface area (Å²) in [6.07, 6.45) is 0.744. The summed E-state index contributed by atoms with van der Waals surface area (Å²) in [6, 6.07) is 3.35. The summed E-state index contributed by atoms with van der Waals surface area (Å²) in [5, 5.41) is 0. The number of anilines is 1. The lowest BCUT2D eigenvalue weighted by Crippen LogP contribution is -2.46. The number of rotatable bonds is 3. The molecule has 0 aliphatic carbocycles. The molecule has 0 saturated carbocycles. The maximum atomic E-state index is 12.9. The zero-order valence-electron chi connectivity index (χ0n) is 13.1. The zero-order chi connectivity index (χ0) is 15.8. The summed E-state index contributed by atoms with van der Waals surface area (Å²) in [6.45, 7) is 6.71. The fraction of sp³-hybridized carbons (Fsp3) is 0.600. The lowest BCUT2D eigenvalue weighted by Gasteiger charge is -2.35. The average Bonchev–Trinajstić information content (AvgIpc) is 2.42. The highest BCUT2D eigenvalue weighted by atomic mass is 32.2. The molecule has 0 aromatic heterocycles. The zero-order valence-corrected chi connectivity index (χ0v) is 13.9. The minimum atomic E-state index is -3.53. The number of methoxy groups -OCH3 is 1. The van der Waals surface area contributed by atoms with E-state index in [1.807, 2.05) is 13.8 Å². The lowest BCUT2D eigenvalue weighted by atomic mass is 9.97. The van der Waals surface area contributed by atoms with Crippen LogP contribution in [0.1, 0.15) is 24.5 Å². The van der Waals surface area contributed by atoms with E-state index < -0.39 is 10.0 Å². The van der Waals surface area contributed by atoms with Crippen molar-refractivity contribution in [2.75, 3.05) is 25.9 Å². The Morgan fingerprint density at radius 1 is 1.33 bits per heavy atom. The minimum absolute atomic E-state index is 0.0593. The number of sulfonamides is 1. The van der Waals surface area contributed by atoms with Gasteiger partial charge in [0.1, 0.15) is 0 Å². The average molecular weight is 312 g/mol. The van der Waals surface area contributed by atoms with Crippen molar-refractivity contribution in [3.63, 3.8) is 0 Å². The summed E-state index contributed by atoms with van der Waals surface area (Å²) in [5.74, 6) is 0.366. The topological polar surface area (TPSA) is 72.6 Å². The van der Waals surface area contributed by atoms with Gasteiger partial charge in [-0.05, 0) is 49.4 Å². The molecule has 2 rings (SSSR count). The Hall–Kier alpha value is -1.11. The van der Waals surface area contributed by atoms with Crippen LogP contribution in [0.5, 0.6) is 0 Å². The highest BCUT2D eigenvalue weighted by Crippen LogP contribution is 2.29. The minimum Gasteiger partial charge on any atom is -0.399 e. The van der Waals surface area contributed by atoms with Gasteiger partial charge < -0.3 is 10.5 Å². The molecular formula is C15H24N2O3S. The number of ether oxygens (including phenoxy) is 1. The van der Waals surface area contributed by atoms with Gasteiger partial charge >= 0.3 is 0 Å². The molecule has 1 aromatic carbocycles. The largest absolute Gasteiger partial charge is 0.399 e. The molecule has 6 heteroatoms. The van der Waals surface area contributed by atoms with E-state index in [1.165, 1.54) is 4.31 Å². The number of nitrogen functional groups attached to an aromatic ring is 1. The molecule has 0 spiro atoms. The quantitative estimate of drug-likeness (QED) is 0.866. The predicted molar refractivity (Wildman–Crippen MR) is 83.7 cm³/mol. The third kappa shape index (κ3) is 3.07. The van der Waals surface area contributed by atoms with Gasteiger partial charge in [0.15, 0.2) is 0 Å². The summed E-state index contributed by atoms with van der Waals surface area (Å²) >= 11 is 0. The molecule has 2 unspecified atom stereocenters. The monoisotopic (exact) mass is 312 g/mol. The van der Waals surface area contributed by atoms with Gasteiger partial charge in [0, 0.05) is 25.9 Å². The first-order chi connectivity index (χ1) is 9.77. The summed E-state index contributed by atoms with van der Waals surface area (Å²) in [4.78, 5) is 0.310. The van der Waals surface area contributed by atoms with Crippen LogP contribution in [-0.4, -0.2) is 39.0 Å². The van der Waals surface area contributed by atoms with Crippen LogP contribution in [0.4, 0.5) is 5.69 Å². The van der Waals surface area contributed by atoms with E-state index in [4.69, 9.17) is 10.5 Å². The predicted octanol–water partition coefficient (Wildman–Crippen LogP) is 1.93. The number of benzene rings is 1. The summed E-state index contributed by atoms with van der Waals surface area (Å²) in [5.41, 5.74) is 7.95. The van der Waals surface area contributed by atoms with Gasteiger partial charge in [-0.2, -0.15) is 4.31 Å². The van der Waals surface area contributed by atoms with Crippen molar-refractivity contribution in [3.8, 4) is 0 Å². The Labute approximate surface area is 127 Å². The van der Waals surface area contributed by atoms with Crippen LogP contribution in [0.15, 0.2) is 17.0 Å². The Bertz CT molecular complexity index is 628. The summed E-state index contributed by atoms with van der Waals surface area (Å²) in [7, 11) is -1.90. The number of hydrogen-bond acceptors (Lipinski definition) is 4. The Balaban J connectivity index is 2.39. The van der Waals surface area contributed by atoms with E-state index in [2.05, 4.69) is 6.92 Å². The van der Waals surface area contributed by atoms with Gasteiger partial charge in [0.05, 0.1) is 11.0 Å². The third-order valence-corrected chi connectivity index (χ3v) is 6.41. The first-order valence-corrected chi connectivity index (χ1v) is 8.61. The van der Waals surface area contributed by atoms with E-state index in [-0.39, 0.29) is 6.10 Å². The molecule has 0 radical (unpaired) electrons. The number of nitrogens with zero attached hydrogens (tertiary/aromatic N) is 1. The lowest BCUT2D eigenvalue weighted by molar-refractivity contribution is 0.0183. The smallest absolute Gasteiger partial charge is 0.243 e. The van der Waals surface area contributed by atoms with E-state index in [9.17, 15) is 8.42 Å². The van der Waals surface area contributed by atoms with Crippen LogP contribution >= 0.6 is 0 Å². The molecule has 0 amide bonds. The molecule has 1 saturated heterocycles. The Morgan fingerprint density at radius 2 is 2.00 bits per heavy atom. The fourth-order valence-electron chi connectivity index (χ4n) is 2.79. The van der Waals surface area contributed by atoms with Gasteiger partial charge in [0.2, 0.25) is 10.0 Å². The van der Waals surface area contributed by atoms with Gasteiger partial charge in [-0.3, -0.25) is 0 Å². The molecule has 2 N–H and O–H groups in total. The second-order valence-corrected chi connectivity index (χ2v) is 7.77. The van der Waals surface area contributed by atoms with Crippen molar-refractivity contribution in [1.29, 1.82) is 0 Å². The van der Waals surface area contributed by atoms with E-state index >= 15 is 0 Å². The van der Waals surface area contributed by atoms with Crippen LogP contribution in [0.25, 0.3) is 0 Å². The van der Waals surface area contributed by atoms with Crippen molar-refractivity contribution >= 4 is 15.7 Å².